The van der Waals surface area contributed by atoms with Gasteiger partial charge < -0.3 is 9.51 Å². The lowest BCUT2D eigenvalue weighted by Crippen LogP contribution is -2.21. The number of H-pyrrole nitrogens is 1. The number of imidazole rings is 1. The van der Waals surface area contributed by atoms with Crippen molar-refractivity contribution in [1.82, 2.24) is 20.1 Å². The van der Waals surface area contributed by atoms with E-state index in [4.69, 9.17) is 4.52 Å². The summed E-state index contributed by atoms with van der Waals surface area (Å²) in [6.07, 6.45) is 0.822. The van der Waals surface area contributed by atoms with E-state index in [-0.39, 0.29) is 29.0 Å². The fraction of sp³-hybridized carbons (Fsp3) is 0.375. The van der Waals surface area contributed by atoms with E-state index in [1.807, 2.05) is 13.8 Å². The van der Waals surface area contributed by atoms with Crippen LogP contribution in [0.2, 0.25) is 0 Å². The molecule has 23 heavy (non-hydrogen) atoms. The highest BCUT2D eigenvalue weighted by atomic mass is 19.1. The summed E-state index contributed by atoms with van der Waals surface area (Å²) in [4.78, 5) is 23.0. The van der Waals surface area contributed by atoms with E-state index in [2.05, 4.69) is 20.1 Å². The van der Waals surface area contributed by atoms with E-state index in [1.165, 1.54) is 6.07 Å². The Morgan fingerprint density at radius 2 is 2.09 bits per heavy atom. The number of halogens is 1. The molecule has 1 saturated carbocycles. The number of aromatic nitrogens is 4. The third kappa shape index (κ3) is 2.23. The normalized spacial score (nSPS) is 15.6. The molecule has 0 atom stereocenters. The van der Waals surface area contributed by atoms with E-state index in [0.717, 1.165) is 11.3 Å². The Bertz CT molecular complexity index is 904. The molecule has 0 amide bonds. The van der Waals surface area contributed by atoms with Gasteiger partial charge in [0.2, 0.25) is 11.7 Å². The first kappa shape index (κ1) is 14.0. The van der Waals surface area contributed by atoms with Crippen molar-refractivity contribution in [2.75, 3.05) is 0 Å². The second-order valence-corrected chi connectivity index (χ2v) is 6.20. The average Bonchev–Trinajstić information content (AvgIpc) is 3.10. The number of benzene rings is 1. The lowest BCUT2D eigenvalue weighted by molar-refractivity contribution is -0.125. The fourth-order valence-corrected chi connectivity index (χ4v) is 2.72. The number of ketones is 1. The van der Waals surface area contributed by atoms with Gasteiger partial charge in [-0.3, -0.25) is 4.79 Å². The maximum absolute atomic E-state index is 14.4. The van der Waals surface area contributed by atoms with Crippen LogP contribution >= 0.6 is 0 Å². The summed E-state index contributed by atoms with van der Waals surface area (Å²) in [5.74, 6) is 1.21. The Morgan fingerprint density at radius 3 is 2.78 bits per heavy atom. The summed E-state index contributed by atoms with van der Waals surface area (Å²) in [5.41, 5.74) is 1.45. The van der Waals surface area contributed by atoms with Crippen LogP contribution in [0, 0.1) is 5.82 Å². The van der Waals surface area contributed by atoms with Gasteiger partial charge in [-0.15, -0.1) is 0 Å². The van der Waals surface area contributed by atoms with Crippen molar-refractivity contribution in [3.63, 3.8) is 0 Å². The molecule has 1 aliphatic carbocycles. The minimum absolute atomic E-state index is 0.0450. The predicted octanol–water partition coefficient (Wildman–Crippen LogP) is 3.32. The lowest BCUT2D eigenvalue weighted by Gasteiger charge is -2.19. The molecular formula is C16H15FN4O2. The molecule has 2 heterocycles. The highest BCUT2D eigenvalue weighted by Gasteiger charge is 2.33. The third-order valence-corrected chi connectivity index (χ3v) is 4.13. The van der Waals surface area contributed by atoms with Crippen molar-refractivity contribution in [2.24, 2.45) is 0 Å². The summed E-state index contributed by atoms with van der Waals surface area (Å²) in [6, 6.07) is 3.02. The Labute approximate surface area is 131 Å². The number of hydrogen-bond acceptors (Lipinski definition) is 5. The molecule has 1 fully saturated rings. The average molecular weight is 314 g/mol. The number of carbonyl (C=O) groups is 1. The third-order valence-electron chi connectivity index (χ3n) is 4.13. The smallest absolute Gasteiger partial charge is 0.230 e. The van der Waals surface area contributed by atoms with Crippen LogP contribution in [0.15, 0.2) is 16.7 Å². The maximum Gasteiger partial charge on any atom is 0.230 e. The highest BCUT2D eigenvalue weighted by Crippen LogP contribution is 2.35. The van der Waals surface area contributed by atoms with Crippen molar-refractivity contribution in [1.29, 1.82) is 0 Å². The van der Waals surface area contributed by atoms with Gasteiger partial charge in [0.1, 0.15) is 22.9 Å². The Kier molecular flexibility index (Phi) is 3.04. The number of nitrogens with zero attached hydrogens (tertiary/aromatic N) is 3. The Morgan fingerprint density at radius 1 is 1.30 bits per heavy atom. The maximum atomic E-state index is 14.4. The number of fused-ring (bicyclic) bond motifs is 1. The molecule has 1 aromatic carbocycles. The lowest BCUT2D eigenvalue weighted by atomic mass is 9.84. The first-order valence-corrected chi connectivity index (χ1v) is 7.56. The molecule has 0 saturated heterocycles. The van der Waals surface area contributed by atoms with Gasteiger partial charge in [0, 0.05) is 18.8 Å². The summed E-state index contributed by atoms with van der Waals surface area (Å²) in [7, 11) is 0. The van der Waals surface area contributed by atoms with Crippen LogP contribution in [0.3, 0.4) is 0 Å². The number of carbonyl (C=O) groups excluding carboxylic acids is 1. The van der Waals surface area contributed by atoms with E-state index in [0.29, 0.717) is 24.2 Å². The quantitative estimate of drug-likeness (QED) is 0.801. The first-order valence-electron chi connectivity index (χ1n) is 7.56. The second kappa shape index (κ2) is 4.97. The fourth-order valence-electron chi connectivity index (χ4n) is 2.72. The van der Waals surface area contributed by atoms with Gasteiger partial charge in [0.25, 0.3) is 0 Å². The van der Waals surface area contributed by atoms with Crippen LogP contribution in [-0.2, 0) is 4.79 Å². The van der Waals surface area contributed by atoms with Crippen LogP contribution < -0.4 is 0 Å². The molecule has 1 N–H and O–H groups in total. The van der Waals surface area contributed by atoms with Crippen LogP contribution in [0.1, 0.15) is 50.2 Å². The molecule has 0 unspecified atom stereocenters. The number of Topliss-reactive ketones (excluding diaryl/α,β-unsaturated/α-hetero) is 1. The Hall–Kier alpha value is -2.57. The minimum atomic E-state index is -0.448. The number of hydrogen-bond donors (Lipinski definition) is 1. The molecule has 3 aromatic rings. The molecular weight excluding hydrogens is 299 g/mol. The van der Waals surface area contributed by atoms with Crippen LogP contribution in [0.5, 0.6) is 0 Å². The van der Waals surface area contributed by atoms with Gasteiger partial charge in [0.05, 0.1) is 17.0 Å². The standard InChI is InChI=1S/C16H15FN4O2/c1-7(2)14-18-11-4-3-10(17)12(13(11)19-14)15-20-16(23-21-15)8-5-9(22)6-8/h3-4,7-8H,5-6H2,1-2H3,(H,18,19). The molecule has 7 heteroatoms. The van der Waals surface area contributed by atoms with E-state index >= 15 is 0 Å². The molecule has 0 spiro atoms. The van der Waals surface area contributed by atoms with E-state index in [9.17, 15) is 9.18 Å². The van der Waals surface area contributed by atoms with Gasteiger partial charge in [-0.2, -0.15) is 4.98 Å². The van der Waals surface area contributed by atoms with Crippen molar-refractivity contribution in [3.8, 4) is 11.4 Å². The van der Waals surface area contributed by atoms with Gasteiger partial charge in [0.15, 0.2) is 0 Å². The van der Waals surface area contributed by atoms with Crippen LogP contribution in [0.25, 0.3) is 22.4 Å². The highest BCUT2D eigenvalue weighted by molar-refractivity contribution is 5.90. The molecule has 0 aliphatic heterocycles. The predicted molar refractivity (Wildman–Crippen MR) is 80.4 cm³/mol. The topological polar surface area (TPSA) is 84.7 Å². The molecule has 6 nitrogen and oxygen atoms in total. The Balaban J connectivity index is 1.81. The molecule has 1 aliphatic rings. The zero-order valence-corrected chi connectivity index (χ0v) is 12.8. The van der Waals surface area contributed by atoms with Gasteiger partial charge in [-0.05, 0) is 12.1 Å². The van der Waals surface area contributed by atoms with E-state index < -0.39 is 5.82 Å². The molecule has 0 bridgehead atoms. The summed E-state index contributed by atoms with van der Waals surface area (Å²) in [5, 5.41) is 3.89. The number of rotatable bonds is 3. The monoisotopic (exact) mass is 314 g/mol. The van der Waals surface area contributed by atoms with Crippen LogP contribution in [0.4, 0.5) is 4.39 Å². The van der Waals surface area contributed by atoms with Crippen molar-refractivity contribution < 1.29 is 13.7 Å². The van der Waals surface area contributed by atoms with Crippen LogP contribution in [-0.4, -0.2) is 25.9 Å². The first-order chi connectivity index (χ1) is 11.0. The summed E-state index contributed by atoms with van der Waals surface area (Å²) >= 11 is 0. The summed E-state index contributed by atoms with van der Waals surface area (Å²) in [6.45, 7) is 4.02. The molecule has 2 aromatic heterocycles. The zero-order chi connectivity index (χ0) is 16.1. The van der Waals surface area contributed by atoms with Gasteiger partial charge in [-0.25, -0.2) is 9.37 Å². The largest absolute Gasteiger partial charge is 0.342 e. The molecule has 4 rings (SSSR count). The van der Waals surface area contributed by atoms with E-state index in [1.54, 1.807) is 6.07 Å². The minimum Gasteiger partial charge on any atom is -0.342 e. The van der Waals surface area contributed by atoms with Gasteiger partial charge >= 0.3 is 0 Å². The van der Waals surface area contributed by atoms with Crippen molar-refractivity contribution in [2.45, 2.75) is 38.5 Å². The number of aromatic amines is 1. The SMILES string of the molecule is CC(C)c1nc2c(-c3noc(C4CC(=O)C4)n3)c(F)ccc2[nH]1. The van der Waals surface area contributed by atoms with Crippen molar-refractivity contribution in [3.05, 3.63) is 29.7 Å². The van der Waals surface area contributed by atoms with Gasteiger partial charge in [-0.1, -0.05) is 19.0 Å². The summed E-state index contributed by atoms with van der Waals surface area (Å²) < 4.78 is 19.6. The second-order valence-electron chi connectivity index (χ2n) is 6.20. The molecule has 118 valence electrons. The molecule has 0 radical (unpaired) electrons. The number of nitrogens with one attached hydrogen (secondary N) is 1. The van der Waals surface area contributed by atoms with Crippen molar-refractivity contribution >= 4 is 16.8 Å². The zero-order valence-electron chi connectivity index (χ0n) is 12.8.